The summed E-state index contributed by atoms with van der Waals surface area (Å²) in [5, 5.41) is 2.93. The number of ether oxygens (including phenoxy) is 2. The van der Waals surface area contributed by atoms with Gasteiger partial charge in [-0.2, -0.15) is 0 Å². The molecule has 1 aromatic carbocycles. The van der Waals surface area contributed by atoms with E-state index in [9.17, 15) is 4.79 Å². The highest BCUT2D eigenvalue weighted by Gasteiger charge is 2.15. The first-order valence-electron chi connectivity index (χ1n) is 7.57. The van der Waals surface area contributed by atoms with E-state index >= 15 is 0 Å². The molecule has 1 N–H and O–H groups in total. The maximum atomic E-state index is 12.4. The van der Waals surface area contributed by atoms with Crippen molar-refractivity contribution in [2.75, 3.05) is 7.11 Å². The predicted molar refractivity (Wildman–Crippen MR) is 88.9 cm³/mol. The Balaban J connectivity index is 2.13. The van der Waals surface area contributed by atoms with Gasteiger partial charge in [-0.1, -0.05) is 6.07 Å². The Morgan fingerprint density at radius 1 is 1.13 bits per heavy atom. The van der Waals surface area contributed by atoms with Crippen molar-refractivity contribution < 1.29 is 14.3 Å². The summed E-state index contributed by atoms with van der Waals surface area (Å²) >= 11 is 0. The monoisotopic (exact) mass is 314 g/mol. The summed E-state index contributed by atoms with van der Waals surface area (Å²) in [4.78, 5) is 16.6. The van der Waals surface area contributed by atoms with Crippen LogP contribution in [0.15, 0.2) is 42.6 Å². The third-order valence-electron chi connectivity index (χ3n) is 3.27. The maximum Gasteiger partial charge on any atom is 0.251 e. The number of carbonyl (C=O) groups is 1. The number of carbonyl (C=O) groups excluding carboxylic acids is 1. The van der Waals surface area contributed by atoms with E-state index in [0.29, 0.717) is 17.1 Å². The molecular weight excluding hydrogens is 292 g/mol. The lowest BCUT2D eigenvalue weighted by Crippen LogP contribution is -2.27. The number of hydrogen-bond acceptors (Lipinski definition) is 4. The van der Waals surface area contributed by atoms with E-state index in [1.165, 1.54) is 0 Å². The fourth-order valence-corrected chi connectivity index (χ4v) is 2.15. The van der Waals surface area contributed by atoms with Gasteiger partial charge in [0.15, 0.2) is 11.5 Å². The Kier molecular flexibility index (Phi) is 5.57. The maximum absolute atomic E-state index is 12.4. The quantitative estimate of drug-likeness (QED) is 0.888. The van der Waals surface area contributed by atoms with E-state index < -0.39 is 0 Å². The Bertz CT molecular complexity index is 657. The molecule has 0 saturated carbocycles. The molecule has 0 bridgehead atoms. The molecule has 1 amide bonds. The Morgan fingerprint density at radius 3 is 2.52 bits per heavy atom. The van der Waals surface area contributed by atoms with Gasteiger partial charge >= 0.3 is 0 Å². The van der Waals surface area contributed by atoms with Gasteiger partial charge in [0.05, 0.1) is 24.9 Å². The van der Waals surface area contributed by atoms with Crippen molar-refractivity contribution in [3.63, 3.8) is 0 Å². The van der Waals surface area contributed by atoms with Gasteiger partial charge in [0, 0.05) is 11.8 Å². The topological polar surface area (TPSA) is 60.5 Å². The summed E-state index contributed by atoms with van der Waals surface area (Å²) in [5.41, 5.74) is 1.33. The highest BCUT2D eigenvalue weighted by molar-refractivity contribution is 5.95. The number of amides is 1. The molecule has 0 saturated heterocycles. The van der Waals surface area contributed by atoms with E-state index in [-0.39, 0.29) is 18.1 Å². The van der Waals surface area contributed by atoms with Gasteiger partial charge in [0.25, 0.3) is 5.91 Å². The molecule has 2 rings (SSSR count). The molecule has 5 nitrogen and oxygen atoms in total. The van der Waals surface area contributed by atoms with E-state index in [4.69, 9.17) is 9.47 Å². The number of aromatic nitrogens is 1. The molecule has 0 aliphatic rings. The Labute approximate surface area is 136 Å². The highest BCUT2D eigenvalue weighted by atomic mass is 16.5. The Hall–Kier alpha value is -2.56. The largest absolute Gasteiger partial charge is 0.493 e. The van der Waals surface area contributed by atoms with Crippen LogP contribution in [0.25, 0.3) is 0 Å². The van der Waals surface area contributed by atoms with E-state index in [0.717, 1.165) is 5.69 Å². The zero-order valence-corrected chi connectivity index (χ0v) is 13.9. The average molecular weight is 314 g/mol. The van der Waals surface area contributed by atoms with Gasteiger partial charge in [0.1, 0.15) is 0 Å². The molecule has 1 heterocycles. The van der Waals surface area contributed by atoms with Crippen LogP contribution in [-0.2, 0) is 0 Å². The lowest BCUT2D eigenvalue weighted by molar-refractivity contribution is 0.0938. The van der Waals surface area contributed by atoms with Crippen LogP contribution in [-0.4, -0.2) is 24.1 Å². The van der Waals surface area contributed by atoms with Gasteiger partial charge in [-0.25, -0.2) is 0 Å². The van der Waals surface area contributed by atoms with E-state index in [2.05, 4.69) is 10.3 Å². The van der Waals surface area contributed by atoms with E-state index in [1.54, 1.807) is 31.5 Å². The third-order valence-corrected chi connectivity index (χ3v) is 3.27. The summed E-state index contributed by atoms with van der Waals surface area (Å²) in [6.45, 7) is 5.77. The van der Waals surface area contributed by atoms with Crippen molar-refractivity contribution in [3.8, 4) is 11.5 Å². The number of nitrogens with one attached hydrogen (secondary N) is 1. The summed E-state index contributed by atoms with van der Waals surface area (Å²) < 4.78 is 11.0. The van der Waals surface area contributed by atoms with Crippen LogP contribution < -0.4 is 14.8 Å². The first-order valence-corrected chi connectivity index (χ1v) is 7.57. The van der Waals surface area contributed by atoms with Crippen LogP contribution in [0.4, 0.5) is 0 Å². The second-order valence-electron chi connectivity index (χ2n) is 5.48. The standard InChI is InChI=1S/C18H22N2O3/c1-12(2)23-16-9-8-14(11-17(16)22-4)18(21)20-13(3)15-7-5-6-10-19-15/h5-13H,1-4H3,(H,20,21). The van der Waals surface area contributed by atoms with Crippen molar-refractivity contribution in [1.82, 2.24) is 10.3 Å². The smallest absolute Gasteiger partial charge is 0.251 e. The number of rotatable bonds is 6. The van der Waals surface area contributed by atoms with Gasteiger partial charge in [-0.3, -0.25) is 9.78 Å². The van der Waals surface area contributed by atoms with Crippen molar-refractivity contribution in [3.05, 3.63) is 53.9 Å². The lowest BCUT2D eigenvalue weighted by Gasteiger charge is -2.16. The molecule has 0 aliphatic heterocycles. The molecule has 23 heavy (non-hydrogen) atoms. The van der Waals surface area contributed by atoms with Crippen LogP contribution in [0.1, 0.15) is 42.9 Å². The number of hydrogen-bond donors (Lipinski definition) is 1. The van der Waals surface area contributed by atoms with Crippen molar-refractivity contribution in [2.24, 2.45) is 0 Å². The highest BCUT2D eigenvalue weighted by Crippen LogP contribution is 2.29. The molecule has 0 spiro atoms. The van der Waals surface area contributed by atoms with Gasteiger partial charge < -0.3 is 14.8 Å². The molecular formula is C18H22N2O3. The minimum atomic E-state index is -0.183. The van der Waals surface area contributed by atoms with Crippen molar-refractivity contribution >= 4 is 5.91 Å². The van der Waals surface area contributed by atoms with Gasteiger partial charge in [-0.05, 0) is 51.1 Å². The number of pyridine rings is 1. The fraction of sp³-hybridized carbons (Fsp3) is 0.333. The molecule has 0 fully saturated rings. The van der Waals surface area contributed by atoms with Crippen molar-refractivity contribution in [1.29, 1.82) is 0 Å². The first kappa shape index (κ1) is 16.8. The van der Waals surface area contributed by atoms with Crippen LogP contribution in [0, 0.1) is 0 Å². The zero-order valence-electron chi connectivity index (χ0n) is 13.9. The molecule has 5 heteroatoms. The molecule has 1 atom stereocenters. The van der Waals surface area contributed by atoms with Crippen molar-refractivity contribution in [2.45, 2.75) is 32.9 Å². The molecule has 0 radical (unpaired) electrons. The van der Waals surface area contributed by atoms with E-state index in [1.807, 2.05) is 39.0 Å². The third kappa shape index (κ3) is 4.45. The number of benzene rings is 1. The zero-order chi connectivity index (χ0) is 16.8. The average Bonchev–Trinajstić information content (AvgIpc) is 2.55. The first-order chi connectivity index (χ1) is 11.0. The molecule has 0 aliphatic carbocycles. The SMILES string of the molecule is COc1cc(C(=O)NC(C)c2ccccn2)ccc1OC(C)C. The summed E-state index contributed by atoms with van der Waals surface area (Å²) in [6.07, 6.45) is 1.74. The van der Waals surface area contributed by atoms with Crippen LogP contribution in [0.2, 0.25) is 0 Å². The minimum absolute atomic E-state index is 0.0350. The minimum Gasteiger partial charge on any atom is -0.493 e. The summed E-state index contributed by atoms with van der Waals surface area (Å²) in [7, 11) is 1.56. The van der Waals surface area contributed by atoms with Crippen LogP contribution >= 0.6 is 0 Å². The normalized spacial score (nSPS) is 11.9. The number of nitrogens with zero attached hydrogens (tertiary/aromatic N) is 1. The molecule has 1 aromatic heterocycles. The molecule has 1 unspecified atom stereocenters. The second kappa shape index (κ2) is 7.63. The summed E-state index contributed by atoms with van der Waals surface area (Å²) in [5.74, 6) is 0.978. The van der Waals surface area contributed by atoms with Crippen LogP contribution in [0.5, 0.6) is 11.5 Å². The van der Waals surface area contributed by atoms with Crippen LogP contribution in [0.3, 0.4) is 0 Å². The second-order valence-corrected chi connectivity index (χ2v) is 5.48. The molecule has 122 valence electrons. The summed E-state index contributed by atoms with van der Waals surface area (Å²) in [6, 6.07) is 10.6. The number of methoxy groups -OCH3 is 1. The fourth-order valence-electron chi connectivity index (χ4n) is 2.15. The molecule has 2 aromatic rings. The van der Waals surface area contributed by atoms with Gasteiger partial charge in [0.2, 0.25) is 0 Å². The van der Waals surface area contributed by atoms with Gasteiger partial charge in [-0.15, -0.1) is 0 Å². The Morgan fingerprint density at radius 2 is 1.91 bits per heavy atom. The lowest BCUT2D eigenvalue weighted by atomic mass is 10.1. The predicted octanol–water partition coefficient (Wildman–Crippen LogP) is 3.37.